The van der Waals surface area contributed by atoms with Crippen molar-refractivity contribution in [3.05, 3.63) is 23.8 Å². The average Bonchev–Trinajstić information content (AvgIpc) is 2.64. The second-order valence-corrected chi connectivity index (χ2v) is 3.75. The zero-order valence-electron chi connectivity index (χ0n) is 9.89. The Labute approximate surface area is 102 Å². The molecule has 7 nitrogen and oxygen atoms in total. The summed E-state index contributed by atoms with van der Waals surface area (Å²) in [7, 11) is 1.47. The van der Waals surface area contributed by atoms with E-state index in [1.54, 1.807) is 12.1 Å². The third-order valence-corrected chi connectivity index (χ3v) is 2.45. The molecule has 0 aliphatic carbocycles. The van der Waals surface area contributed by atoms with E-state index in [9.17, 15) is 9.59 Å². The van der Waals surface area contributed by atoms with Crippen LogP contribution in [0.3, 0.4) is 0 Å². The van der Waals surface area contributed by atoms with E-state index in [-0.39, 0.29) is 5.95 Å². The van der Waals surface area contributed by atoms with Gasteiger partial charge in [-0.3, -0.25) is 5.32 Å². The Morgan fingerprint density at radius 1 is 1.39 bits per heavy atom. The molecule has 0 bridgehead atoms. The summed E-state index contributed by atoms with van der Waals surface area (Å²) in [6.07, 6.45) is -1.27. The number of nitrogens with zero attached hydrogens (tertiary/aromatic N) is 2. The first-order valence-electron chi connectivity index (χ1n) is 5.24. The molecule has 2 amide bonds. The smallest absolute Gasteiger partial charge is 0.411 e. The third-order valence-electron chi connectivity index (χ3n) is 2.45. The van der Waals surface area contributed by atoms with Gasteiger partial charge in [-0.25, -0.2) is 19.1 Å². The maximum Gasteiger partial charge on any atom is 0.411 e. The number of carboxylic acid groups (broad SMARTS) is 1. The fraction of sp³-hybridized carbons (Fsp3) is 0.182. The van der Waals surface area contributed by atoms with Crippen LogP contribution in [0.5, 0.6) is 0 Å². The minimum absolute atomic E-state index is 0.0255. The lowest BCUT2D eigenvalue weighted by atomic mass is 10.2. The number of rotatable bonds is 1. The zero-order valence-corrected chi connectivity index (χ0v) is 9.89. The largest absolute Gasteiger partial charge is 0.465 e. The van der Waals surface area contributed by atoms with E-state index >= 15 is 0 Å². The van der Waals surface area contributed by atoms with Crippen molar-refractivity contribution < 1.29 is 14.7 Å². The van der Waals surface area contributed by atoms with Crippen LogP contribution in [0.25, 0.3) is 11.0 Å². The van der Waals surface area contributed by atoms with Crippen molar-refractivity contribution in [2.45, 2.75) is 6.92 Å². The third kappa shape index (κ3) is 1.97. The van der Waals surface area contributed by atoms with Gasteiger partial charge in [-0.2, -0.15) is 0 Å². The van der Waals surface area contributed by atoms with Gasteiger partial charge in [0, 0.05) is 7.05 Å². The van der Waals surface area contributed by atoms with Crippen molar-refractivity contribution in [1.82, 2.24) is 14.9 Å². The van der Waals surface area contributed by atoms with Crippen LogP contribution in [0.2, 0.25) is 0 Å². The van der Waals surface area contributed by atoms with Crippen molar-refractivity contribution in [2.24, 2.45) is 0 Å². The molecule has 1 heterocycles. The van der Waals surface area contributed by atoms with Gasteiger partial charge in [0.2, 0.25) is 5.95 Å². The molecule has 7 heteroatoms. The standard InChI is InChI=1S/C11H12N4O3/c1-6-3-4-8-7(5-6)13-9(14-11(17)18)15(8)10(16)12-2/h3-5H,1-2H3,(H,12,16)(H,13,14)(H,17,18). The van der Waals surface area contributed by atoms with E-state index in [2.05, 4.69) is 15.6 Å². The van der Waals surface area contributed by atoms with E-state index in [1.807, 2.05) is 13.0 Å². The topological polar surface area (TPSA) is 96.2 Å². The van der Waals surface area contributed by atoms with Crippen molar-refractivity contribution in [1.29, 1.82) is 0 Å². The van der Waals surface area contributed by atoms with Gasteiger partial charge in [-0.1, -0.05) is 6.07 Å². The zero-order chi connectivity index (χ0) is 13.3. The van der Waals surface area contributed by atoms with Crippen LogP contribution in [-0.2, 0) is 0 Å². The number of benzene rings is 1. The molecule has 94 valence electrons. The van der Waals surface area contributed by atoms with Crippen LogP contribution in [0.4, 0.5) is 15.5 Å². The highest BCUT2D eigenvalue weighted by Crippen LogP contribution is 2.20. The number of aryl methyl sites for hydroxylation is 1. The number of carbonyl (C=O) groups is 2. The molecular formula is C11H12N4O3. The summed E-state index contributed by atoms with van der Waals surface area (Å²) >= 11 is 0. The first-order valence-corrected chi connectivity index (χ1v) is 5.24. The van der Waals surface area contributed by atoms with Crippen LogP contribution in [0.15, 0.2) is 18.2 Å². The van der Waals surface area contributed by atoms with Crippen LogP contribution >= 0.6 is 0 Å². The van der Waals surface area contributed by atoms with Crippen LogP contribution in [-0.4, -0.2) is 33.8 Å². The number of hydrogen-bond donors (Lipinski definition) is 3. The van der Waals surface area contributed by atoms with Gasteiger partial charge in [0.25, 0.3) is 0 Å². The van der Waals surface area contributed by atoms with Gasteiger partial charge in [-0.05, 0) is 24.6 Å². The Kier molecular flexibility index (Phi) is 2.88. The number of aromatic nitrogens is 2. The summed E-state index contributed by atoms with van der Waals surface area (Å²) in [5.41, 5.74) is 2.08. The first-order chi connectivity index (χ1) is 8.52. The van der Waals surface area contributed by atoms with Crippen LogP contribution in [0.1, 0.15) is 5.56 Å². The van der Waals surface area contributed by atoms with E-state index < -0.39 is 12.1 Å². The highest BCUT2D eigenvalue weighted by Gasteiger charge is 2.17. The first kappa shape index (κ1) is 11.9. The molecule has 0 fully saturated rings. The van der Waals surface area contributed by atoms with E-state index in [4.69, 9.17) is 5.11 Å². The van der Waals surface area contributed by atoms with Crippen molar-refractivity contribution >= 4 is 29.1 Å². The summed E-state index contributed by atoms with van der Waals surface area (Å²) in [6, 6.07) is 4.88. The minimum Gasteiger partial charge on any atom is -0.465 e. The summed E-state index contributed by atoms with van der Waals surface area (Å²) in [6.45, 7) is 1.89. The molecule has 0 saturated carbocycles. The predicted octanol–water partition coefficient (Wildman–Crippen LogP) is 1.62. The molecule has 1 aromatic carbocycles. The SMILES string of the molecule is CNC(=O)n1c(NC(=O)O)nc2cc(C)ccc21. The number of nitrogens with one attached hydrogen (secondary N) is 2. The lowest BCUT2D eigenvalue weighted by Crippen LogP contribution is -2.26. The Bertz CT molecular complexity index is 632. The number of anilines is 1. The fourth-order valence-corrected chi connectivity index (χ4v) is 1.69. The quantitative estimate of drug-likeness (QED) is 0.714. The van der Waals surface area contributed by atoms with Gasteiger partial charge in [0.05, 0.1) is 11.0 Å². The minimum atomic E-state index is -1.27. The Hall–Kier alpha value is -2.57. The molecule has 0 aliphatic heterocycles. The molecule has 2 aromatic rings. The van der Waals surface area contributed by atoms with E-state index in [0.717, 1.165) is 5.56 Å². The van der Waals surface area contributed by atoms with Crippen molar-refractivity contribution in [3.8, 4) is 0 Å². The molecular weight excluding hydrogens is 236 g/mol. The fourth-order valence-electron chi connectivity index (χ4n) is 1.69. The number of carbonyl (C=O) groups excluding carboxylic acids is 1. The molecule has 0 unspecified atom stereocenters. The Morgan fingerprint density at radius 2 is 2.11 bits per heavy atom. The average molecular weight is 248 g/mol. The highest BCUT2D eigenvalue weighted by molar-refractivity contribution is 5.95. The second-order valence-electron chi connectivity index (χ2n) is 3.75. The lowest BCUT2D eigenvalue weighted by molar-refractivity contribution is 0.209. The number of hydrogen-bond acceptors (Lipinski definition) is 3. The van der Waals surface area contributed by atoms with Crippen molar-refractivity contribution in [2.75, 3.05) is 12.4 Å². The molecule has 0 atom stereocenters. The van der Waals surface area contributed by atoms with Gasteiger partial charge in [0.15, 0.2) is 0 Å². The number of fused-ring (bicyclic) bond motifs is 1. The van der Waals surface area contributed by atoms with E-state index in [0.29, 0.717) is 11.0 Å². The molecule has 0 radical (unpaired) electrons. The summed E-state index contributed by atoms with van der Waals surface area (Å²) < 4.78 is 1.18. The monoisotopic (exact) mass is 248 g/mol. The Balaban J connectivity index is 2.67. The highest BCUT2D eigenvalue weighted by atomic mass is 16.4. The molecule has 1 aromatic heterocycles. The molecule has 0 saturated heterocycles. The lowest BCUT2D eigenvalue weighted by Gasteiger charge is -2.05. The Morgan fingerprint density at radius 3 is 2.72 bits per heavy atom. The molecule has 0 aliphatic rings. The molecule has 3 N–H and O–H groups in total. The maximum atomic E-state index is 11.8. The number of imidazole rings is 1. The van der Waals surface area contributed by atoms with Gasteiger partial charge < -0.3 is 10.4 Å². The van der Waals surface area contributed by atoms with Crippen molar-refractivity contribution in [3.63, 3.8) is 0 Å². The summed E-state index contributed by atoms with van der Waals surface area (Å²) in [5.74, 6) is -0.0255. The van der Waals surface area contributed by atoms with Crippen LogP contribution in [0, 0.1) is 6.92 Å². The van der Waals surface area contributed by atoms with Gasteiger partial charge in [-0.15, -0.1) is 0 Å². The van der Waals surface area contributed by atoms with Gasteiger partial charge in [0.1, 0.15) is 0 Å². The molecule has 18 heavy (non-hydrogen) atoms. The summed E-state index contributed by atoms with van der Waals surface area (Å²) in [5, 5.41) is 13.3. The normalized spacial score (nSPS) is 10.3. The summed E-state index contributed by atoms with van der Waals surface area (Å²) in [4.78, 5) is 26.5. The van der Waals surface area contributed by atoms with Crippen LogP contribution < -0.4 is 10.6 Å². The number of amides is 2. The maximum absolute atomic E-state index is 11.8. The second kappa shape index (κ2) is 4.36. The molecule has 2 rings (SSSR count). The van der Waals surface area contributed by atoms with Gasteiger partial charge >= 0.3 is 12.1 Å². The molecule has 0 spiro atoms. The predicted molar refractivity (Wildman–Crippen MR) is 66.0 cm³/mol. The van der Waals surface area contributed by atoms with E-state index in [1.165, 1.54) is 11.6 Å².